The molecule has 6 nitrogen and oxygen atoms in total. The summed E-state index contributed by atoms with van der Waals surface area (Å²) in [6.45, 7) is 3.85. The van der Waals surface area contributed by atoms with Crippen molar-refractivity contribution in [2.24, 2.45) is 5.73 Å². The lowest BCUT2D eigenvalue weighted by atomic mass is 10.0. The number of nitrogens with two attached hydrogens (primary N) is 1. The molecule has 0 aromatic heterocycles. The van der Waals surface area contributed by atoms with E-state index in [1.807, 2.05) is 0 Å². The molecule has 0 rings (SSSR count). The Labute approximate surface area is 155 Å². The van der Waals surface area contributed by atoms with Crippen LogP contribution < -0.4 is 5.73 Å². The molecule has 0 saturated carbocycles. The molecule has 0 bridgehead atoms. The second kappa shape index (κ2) is 20.1. The Hall–Kier alpha value is -0.210. The molecule has 0 amide bonds. The summed E-state index contributed by atoms with van der Waals surface area (Å²) in [5.41, 5.74) is 4.67. The first-order valence-corrected chi connectivity index (χ1v) is 11.2. The lowest BCUT2D eigenvalue weighted by Gasteiger charge is -2.03. The fraction of sp³-hybridized carbons (Fsp3) is 1.00. The van der Waals surface area contributed by atoms with E-state index in [2.05, 4.69) is 16.8 Å². The fourth-order valence-corrected chi connectivity index (χ4v) is 2.79. The molecule has 0 spiro atoms. The van der Waals surface area contributed by atoms with Crippen molar-refractivity contribution in [2.75, 3.05) is 6.61 Å². The van der Waals surface area contributed by atoms with E-state index < -0.39 is 16.6 Å². The predicted octanol–water partition coefficient (Wildman–Crippen LogP) is 4.57. The fourth-order valence-electron chi connectivity index (χ4n) is 2.46. The molecule has 154 valence electrons. The highest BCUT2D eigenvalue weighted by Gasteiger charge is 2.02. The van der Waals surface area contributed by atoms with Crippen molar-refractivity contribution in [3.8, 4) is 0 Å². The van der Waals surface area contributed by atoms with Gasteiger partial charge in [0, 0.05) is 0 Å². The van der Waals surface area contributed by atoms with E-state index >= 15 is 0 Å². The maximum Gasteiger partial charge on any atom is 0.397 e. The maximum atomic E-state index is 10.3. The lowest BCUT2D eigenvalue weighted by Crippen LogP contribution is -2.11. The third-order valence-corrected chi connectivity index (χ3v) is 4.19. The van der Waals surface area contributed by atoms with Crippen molar-refractivity contribution in [3.05, 3.63) is 0 Å². The second-order valence-electron chi connectivity index (χ2n) is 6.59. The van der Waals surface area contributed by atoms with E-state index in [1.165, 1.54) is 77.6 Å². The molecule has 0 radical (unpaired) electrons. The van der Waals surface area contributed by atoms with E-state index in [4.69, 9.17) is 9.66 Å². The largest absolute Gasteiger partial charge is 0.397 e. The minimum absolute atomic E-state index is 0.0941. The molecule has 1 atom stereocenters. The summed E-state index contributed by atoms with van der Waals surface area (Å²) in [4.78, 5) is 0. The number of rotatable bonds is 16. The SMILES string of the molecule is CC(N)O.CCCCCCCCCCCCCCCCOS(=O)(=O)O. The molecule has 4 N–H and O–H groups in total. The van der Waals surface area contributed by atoms with Gasteiger partial charge in [-0.25, -0.2) is 4.18 Å². The van der Waals surface area contributed by atoms with Crippen LogP contribution in [0.2, 0.25) is 0 Å². The van der Waals surface area contributed by atoms with Crippen LogP contribution in [0.15, 0.2) is 0 Å². The summed E-state index contributed by atoms with van der Waals surface area (Å²) in [5, 5.41) is 7.83. The molecular weight excluding hydrogens is 342 g/mol. The monoisotopic (exact) mass is 383 g/mol. The molecule has 0 aromatic carbocycles. The van der Waals surface area contributed by atoms with Gasteiger partial charge in [-0.2, -0.15) is 8.42 Å². The summed E-state index contributed by atoms with van der Waals surface area (Å²) in [7, 11) is -4.24. The first-order valence-electron chi connectivity index (χ1n) is 9.85. The quantitative estimate of drug-likeness (QED) is 0.204. The Morgan fingerprint density at radius 2 is 1.08 bits per heavy atom. The molecule has 0 aliphatic heterocycles. The Kier molecular flexibility index (Phi) is 21.7. The van der Waals surface area contributed by atoms with Gasteiger partial charge < -0.3 is 10.8 Å². The van der Waals surface area contributed by atoms with Crippen molar-refractivity contribution in [1.29, 1.82) is 0 Å². The highest BCUT2D eigenvalue weighted by atomic mass is 32.3. The van der Waals surface area contributed by atoms with Crippen molar-refractivity contribution >= 4 is 10.4 Å². The first kappa shape index (κ1) is 27.0. The summed E-state index contributed by atoms with van der Waals surface area (Å²) < 4.78 is 33.2. The lowest BCUT2D eigenvalue weighted by molar-refractivity contribution is 0.203. The standard InChI is InChI=1S/C16H34O4S.C2H7NO/c1-2-3-4-5-6-7-8-9-10-11-12-13-14-15-16-20-21(17,18)19;1-2(3)4/h2-16H2,1H3,(H,17,18,19);2,4H,3H2,1H3. The Bertz CT molecular complexity index is 345. The zero-order valence-electron chi connectivity index (χ0n) is 16.3. The molecule has 25 heavy (non-hydrogen) atoms. The molecule has 0 saturated heterocycles. The van der Waals surface area contributed by atoms with Gasteiger partial charge in [-0.1, -0.05) is 90.4 Å². The molecule has 0 aliphatic carbocycles. The summed E-state index contributed by atoms with van der Waals surface area (Å²) in [6, 6.07) is 0. The van der Waals surface area contributed by atoms with Crippen LogP contribution in [0.4, 0.5) is 0 Å². The number of hydrogen-bond donors (Lipinski definition) is 3. The van der Waals surface area contributed by atoms with Crippen LogP contribution in [0.25, 0.3) is 0 Å². The Morgan fingerprint density at radius 1 is 0.800 bits per heavy atom. The topological polar surface area (TPSA) is 110 Å². The third-order valence-electron chi connectivity index (χ3n) is 3.73. The van der Waals surface area contributed by atoms with Gasteiger partial charge in [-0.05, 0) is 13.3 Å². The van der Waals surface area contributed by atoms with Gasteiger partial charge in [0.15, 0.2) is 0 Å². The van der Waals surface area contributed by atoms with E-state index in [0.29, 0.717) is 6.42 Å². The molecule has 1 unspecified atom stereocenters. The average Bonchev–Trinajstić information content (AvgIpc) is 2.49. The third kappa shape index (κ3) is 35.7. The predicted molar refractivity (Wildman–Crippen MR) is 104 cm³/mol. The van der Waals surface area contributed by atoms with E-state index in [0.717, 1.165) is 12.8 Å². The van der Waals surface area contributed by atoms with Gasteiger partial charge >= 0.3 is 10.4 Å². The van der Waals surface area contributed by atoms with Crippen LogP contribution in [0.5, 0.6) is 0 Å². The molecule has 0 aliphatic rings. The van der Waals surface area contributed by atoms with Gasteiger partial charge in [-0.15, -0.1) is 0 Å². The Balaban J connectivity index is 0. The summed E-state index contributed by atoms with van der Waals surface area (Å²) in [6.07, 6.45) is 16.9. The van der Waals surface area contributed by atoms with Gasteiger partial charge in [0.25, 0.3) is 0 Å². The Morgan fingerprint density at radius 3 is 1.36 bits per heavy atom. The van der Waals surface area contributed by atoms with Gasteiger partial charge in [0.1, 0.15) is 0 Å². The van der Waals surface area contributed by atoms with Crippen molar-refractivity contribution in [1.82, 2.24) is 0 Å². The summed E-state index contributed by atoms with van der Waals surface area (Å²) in [5.74, 6) is 0. The molecule has 7 heteroatoms. The van der Waals surface area contributed by atoms with E-state index in [-0.39, 0.29) is 6.61 Å². The van der Waals surface area contributed by atoms with Gasteiger partial charge in [0.2, 0.25) is 0 Å². The van der Waals surface area contributed by atoms with Crippen molar-refractivity contribution < 1.29 is 22.3 Å². The minimum Gasteiger partial charge on any atom is -0.379 e. The van der Waals surface area contributed by atoms with Crippen LogP contribution >= 0.6 is 0 Å². The van der Waals surface area contributed by atoms with Crippen LogP contribution in [-0.4, -0.2) is 30.9 Å². The number of aliphatic hydroxyl groups is 1. The van der Waals surface area contributed by atoms with Crippen LogP contribution in [-0.2, 0) is 14.6 Å². The van der Waals surface area contributed by atoms with Gasteiger partial charge in [0.05, 0.1) is 12.8 Å². The molecule has 0 aromatic rings. The second-order valence-corrected chi connectivity index (χ2v) is 7.68. The number of hydrogen-bond acceptors (Lipinski definition) is 5. The zero-order valence-corrected chi connectivity index (χ0v) is 17.1. The van der Waals surface area contributed by atoms with Gasteiger partial charge in [-0.3, -0.25) is 4.55 Å². The van der Waals surface area contributed by atoms with Crippen molar-refractivity contribution in [2.45, 2.75) is 110 Å². The summed E-state index contributed by atoms with van der Waals surface area (Å²) >= 11 is 0. The highest BCUT2D eigenvalue weighted by molar-refractivity contribution is 7.80. The smallest absolute Gasteiger partial charge is 0.379 e. The van der Waals surface area contributed by atoms with E-state index in [1.54, 1.807) is 0 Å². The maximum absolute atomic E-state index is 10.3. The zero-order chi connectivity index (χ0) is 19.4. The minimum atomic E-state index is -4.24. The van der Waals surface area contributed by atoms with Crippen LogP contribution in [0, 0.1) is 0 Å². The molecule has 0 fully saturated rings. The average molecular weight is 384 g/mol. The number of aliphatic hydroxyl groups excluding tert-OH is 1. The highest BCUT2D eigenvalue weighted by Crippen LogP contribution is 2.12. The van der Waals surface area contributed by atoms with Crippen molar-refractivity contribution in [3.63, 3.8) is 0 Å². The molecular formula is C18H41NO5S. The normalized spacial score (nSPS) is 12.5. The molecule has 0 heterocycles. The number of unbranched alkanes of at least 4 members (excludes halogenated alkanes) is 13. The first-order chi connectivity index (χ1) is 11.8. The van der Waals surface area contributed by atoms with Crippen LogP contribution in [0.3, 0.4) is 0 Å². The van der Waals surface area contributed by atoms with E-state index in [9.17, 15) is 8.42 Å². The van der Waals surface area contributed by atoms with Crippen LogP contribution in [0.1, 0.15) is 104 Å².